The molecule has 5 heteroatoms. The van der Waals surface area contributed by atoms with Crippen LogP contribution in [0, 0.1) is 0 Å². The van der Waals surface area contributed by atoms with Crippen molar-refractivity contribution in [2.24, 2.45) is 0 Å². The van der Waals surface area contributed by atoms with Crippen LogP contribution in [0.1, 0.15) is 24.4 Å². The van der Waals surface area contributed by atoms with Crippen molar-refractivity contribution < 1.29 is 4.42 Å². The van der Waals surface area contributed by atoms with Crippen LogP contribution in [0.5, 0.6) is 0 Å². The third kappa shape index (κ3) is 2.19. The van der Waals surface area contributed by atoms with Crippen LogP contribution in [-0.4, -0.2) is 26.2 Å². The summed E-state index contributed by atoms with van der Waals surface area (Å²) in [5.41, 5.74) is 2.29. The van der Waals surface area contributed by atoms with E-state index in [1.165, 1.54) is 5.69 Å². The molecular formula is C16H18N4O. The third-order valence-corrected chi connectivity index (χ3v) is 4.26. The second-order valence-electron chi connectivity index (χ2n) is 5.51. The van der Waals surface area contributed by atoms with Crippen molar-refractivity contribution in [2.45, 2.75) is 26.1 Å². The van der Waals surface area contributed by atoms with Gasteiger partial charge in [-0.1, -0.05) is 0 Å². The summed E-state index contributed by atoms with van der Waals surface area (Å²) in [4.78, 5) is 2.45. The molecule has 0 spiro atoms. The Labute approximate surface area is 123 Å². The van der Waals surface area contributed by atoms with E-state index in [9.17, 15) is 0 Å². The fourth-order valence-electron chi connectivity index (χ4n) is 3.04. The van der Waals surface area contributed by atoms with Crippen LogP contribution < -0.4 is 0 Å². The number of aromatic nitrogens is 3. The Morgan fingerprint density at radius 1 is 1.29 bits per heavy atom. The van der Waals surface area contributed by atoms with Crippen LogP contribution in [-0.2, 0) is 13.1 Å². The maximum atomic E-state index is 5.93. The van der Waals surface area contributed by atoms with Crippen molar-refractivity contribution in [3.8, 4) is 11.5 Å². The second-order valence-corrected chi connectivity index (χ2v) is 5.51. The lowest BCUT2D eigenvalue weighted by Crippen LogP contribution is -2.35. The first-order valence-electron chi connectivity index (χ1n) is 7.29. The fourth-order valence-corrected chi connectivity index (χ4v) is 3.04. The van der Waals surface area contributed by atoms with E-state index >= 15 is 0 Å². The number of fused-ring (bicyclic) bond motifs is 1. The predicted octanol–water partition coefficient (Wildman–Crippen LogP) is 3.05. The number of furan rings is 1. The number of nitrogens with one attached hydrogen (secondary N) is 1. The summed E-state index contributed by atoms with van der Waals surface area (Å²) in [7, 11) is 0. The number of nitrogens with zero attached hydrogens (tertiary/aromatic N) is 3. The molecule has 0 aromatic carbocycles. The molecule has 0 fully saturated rings. The van der Waals surface area contributed by atoms with Gasteiger partial charge < -0.3 is 8.98 Å². The normalized spacial score (nSPS) is 18.8. The van der Waals surface area contributed by atoms with Gasteiger partial charge in [0.2, 0.25) is 0 Å². The highest BCUT2D eigenvalue weighted by atomic mass is 16.3. The minimum absolute atomic E-state index is 0.412. The SMILES string of the molecule is C[C@H]1c2cccn2CCN1Cc1ccc(-c2ccn[nH]2)o1. The summed E-state index contributed by atoms with van der Waals surface area (Å²) < 4.78 is 8.26. The molecule has 3 aromatic heterocycles. The van der Waals surface area contributed by atoms with Gasteiger partial charge in [0.25, 0.3) is 0 Å². The molecule has 0 radical (unpaired) electrons. The summed E-state index contributed by atoms with van der Waals surface area (Å²) in [6, 6.07) is 10.7. The zero-order valence-electron chi connectivity index (χ0n) is 12.0. The number of aromatic amines is 1. The number of rotatable bonds is 3. The van der Waals surface area contributed by atoms with Crippen molar-refractivity contribution in [1.82, 2.24) is 19.7 Å². The Kier molecular flexibility index (Phi) is 2.93. The van der Waals surface area contributed by atoms with Crippen molar-refractivity contribution in [1.29, 1.82) is 0 Å². The maximum Gasteiger partial charge on any atom is 0.152 e. The summed E-state index contributed by atoms with van der Waals surface area (Å²) in [6.07, 6.45) is 3.89. The highest BCUT2D eigenvalue weighted by Crippen LogP contribution is 2.28. The van der Waals surface area contributed by atoms with Crippen LogP contribution in [0.4, 0.5) is 0 Å². The Balaban J connectivity index is 1.52. The molecule has 21 heavy (non-hydrogen) atoms. The lowest BCUT2D eigenvalue weighted by Gasteiger charge is -2.34. The van der Waals surface area contributed by atoms with Crippen LogP contribution in [0.3, 0.4) is 0 Å². The van der Waals surface area contributed by atoms with Crippen LogP contribution in [0.25, 0.3) is 11.5 Å². The summed E-state index contributed by atoms with van der Waals surface area (Å²) >= 11 is 0. The second kappa shape index (κ2) is 4.93. The molecule has 4 heterocycles. The van der Waals surface area contributed by atoms with Crippen LogP contribution in [0.15, 0.2) is 47.1 Å². The van der Waals surface area contributed by atoms with Crippen molar-refractivity contribution in [3.63, 3.8) is 0 Å². The molecule has 1 aliphatic heterocycles. The van der Waals surface area contributed by atoms with E-state index in [2.05, 4.69) is 51.0 Å². The van der Waals surface area contributed by atoms with E-state index in [1.54, 1.807) is 6.20 Å². The Morgan fingerprint density at radius 3 is 3.10 bits per heavy atom. The molecule has 4 rings (SSSR count). The lowest BCUT2D eigenvalue weighted by molar-refractivity contribution is 0.149. The minimum atomic E-state index is 0.412. The zero-order valence-corrected chi connectivity index (χ0v) is 12.0. The molecule has 0 amide bonds. The molecular weight excluding hydrogens is 264 g/mol. The number of H-pyrrole nitrogens is 1. The average Bonchev–Trinajstić information content (AvgIpc) is 3.21. The topological polar surface area (TPSA) is 50.0 Å². The van der Waals surface area contributed by atoms with Gasteiger partial charge in [-0.15, -0.1) is 0 Å². The predicted molar refractivity (Wildman–Crippen MR) is 79.5 cm³/mol. The largest absolute Gasteiger partial charge is 0.458 e. The average molecular weight is 282 g/mol. The van der Waals surface area contributed by atoms with Gasteiger partial charge in [-0.3, -0.25) is 10.00 Å². The van der Waals surface area contributed by atoms with Gasteiger partial charge >= 0.3 is 0 Å². The van der Waals surface area contributed by atoms with E-state index < -0.39 is 0 Å². The molecule has 0 aliphatic carbocycles. The van der Waals surface area contributed by atoms with E-state index in [4.69, 9.17) is 4.42 Å². The Morgan fingerprint density at radius 2 is 2.24 bits per heavy atom. The van der Waals surface area contributed by atoms with Gasteiger partial charge in [0.05, 0.1) is 6.54 Å². The quantitative estimate of drug-likeness (QED) is 0.803. The third-order valence-electron chi connectivity index (χ3n) is 4.26. The van der Waals surface area contributed by atoms with Gasteiger partial charge in [-0.25, -0.2) is 0 Å². The number of hydrogen-bond donors (Lipinski definition) is 1. The smallest absolute Gasteiger partial charge is 0.152 e. The minimum Gasteiger partial charge on any atom is -0.458 e. The van der Waals surface area contributed by atoms with E-state index in [-0.39, 0.29) is 0 Å². The van der Waals surface area contributed by atoms with Crippen molar-refractivity contribution in [3.05, 3.63) is 54.2 Å². The van der Waals surface area contributed by atoms with Crippen LogP contribution in [0.2, 0.25) is 0 Å². The van der Waals surface area contributed by atoms with Gasteiger partial charge in [-0.2, -0.15) is 5.10 Å². The molecule has 1 atom stereocenters. The standard InChI is InChI=1S/C16H18N4O/c1-12-15-3-2-8-19(15)9-10-20(12)11-13-4-5-16(21-13)14-6-7-17-18-14/h2-8,12H,9-11H2,1H3,(H,17,18)/t12-/m0/s1. The molecule has 0 bridgehead atoms. The van der Waals surface area contributed by atoms with E-state index in [1.807, 2.05) is 12.1 Å². The summed E-state index contributed by atoms with van der Waals surface area (Å²) in [6.45, 7) is 5.17. The van der Waals surface area contributed by atoms with Crippen molar-refractivity contribution in [2.75, 3.05) is 6.54 Å². The Hall–Kier alpha value is -2.27. The van der Waals surface area contributed by atoms with Crippen LogP contribution >= 0.6 is 0 Å². The van der Waals surface area contributed by atoms with Crippen molar-refractivity contribution >= 4 is 0 Å². The first-order valence-corrected chi connectivity index (χ1v) is 7.29. The molecule has 0 unspecified atom stereocenters. The first-order chi connectivity index (χ1) is 10.3. The first kappa shape index (κ1) is 12.5. The summed E-state index contributed by atoms with van der Waals surface area (Å²) in [5.74, 6) is 1.84. The Bertz CT molecular complexity index is 725. The zero-order chi connectivity index (χ0) is 14.2. The van der Waals surface area contributed by atoms with Gasteiger partial charge in [0, 0.05) is 37.2 Å². The monoisotopic (exact) mass is 282 g/mol. The lowest BCUT2D eigenvalue weighted by atomic mass is 10.1. The molecule has 1 aliphatic rings. The highest BCUT2D eigenvalue weighted by molar-refractivity contribution is 5.51. The maximum absolute atomic E-state index is 5.93. The van der Waals surface area contributed by atoms with Gasteiger partial charge in [0.15, 0.2) is 5.76 Å². The highest BCUT2D eigenvalue weighted by Gasteiger charge is 2.24. The summed E-state index contributed by atoms with van der Waals surface area (Å²) in [5, 5.41) is 6.88. The van der Waals surface area contributed by atoms with Gasteiger partial charge in [0.1, 0.15) is 11.5 Å². The van der Waals surface area contributed by atoms with Gasteiger partial charge in [-0.05, 0) is 37.3 Å². The molecule has 0 saturated carbocycles. The molecule has 0 saturated heterocycles. The molecule has 5 nitrogen and oxygen atoms in total. The molecule has 1 N–H and O–H groups in total. The number of hydrogen-bond acceptors (Lipinski definition) is 3. The van der Waals surface area contributed by atoms with E-state index in [0.717, 1.165) is 36.8 Å². The molecule has 108 valence electrons. The van der Waals surface area contributed by atoms with E-state index in [0.29, 0.717) is 6.04 Å². The fraction of sp³-hybridized carbons (Fsp3) is 0.312. The molecule has 3 aromatic rings.